The van der Waals surface area contributed by atoms with Gasteiger partial charge in [-0.1, -0.05) is 24.3 Å². The first-order valence-corrected chi connectivity index (χ1v) is 8.82. The monoisotopic (exact) mass is 357 g/mol. The minimum Gasteiger partial charge on any atom is -0.466 e. The zero-order chi connectivity index (χ0) is 17.6. The van der Waals surface area contributed by atoms with Crippen LogP contribution in [0.2, 0.25) is 0 Å². The maximum absolute atomic E-state index is 12.2. The Balaban J connectivity index is 1.99. The topological polar surface area (TPSA) is 55.8 Å². The van der Waals surface area contributed by atoms with Gasteiger partial charge in [0.2, 0.25) is 0 Å². The van der Waals surface area contributed by atoms with E-state index in [0.717, 1.165) is 34.1 Å². The molecule has 1 aromatic carbocycles. The van der Waals surface area contributed by atoms with E-state index in [1.54, 1.807) is 29.5 Å². The summed E-state index contributed by atoms with van der Waals surface area (Å²) in [7, 11) is 1.34. The van der Waals surface area contributed by atoms with E-state index in [9.17, 15) is 9.59 Å². The summed E-state index contributed by atoms with van der Waals surface area (Å²) in [5.41, 5.74) is 1.75. The number of esters is 1. The number of nitrogens with zero attached hydrogens (tertiary/aromatic N) is 1. The van der Waals surface area contributed by atoms with Gasteiger partial charge in [0.25, 0.3) is 0 Å². The molecule has 0 atom stereocenters. The van der Waals surface area contributed by atoms with Gasteiger partial charge in [-0.25, -0.2) is 4.79 Å². The molecule has 2 aromatic rings. The molecule has 6 heteroatoms. The second-order valence-electron chi connectivity index (χ2n) is 5.54. The minimum atomic E-state index is -0.412. The van der Waals surface area contributed by atoms with Gasteiger partial charge in [-0.05, 0) is 17.2 Å². The lowest BCUT2D eigenvalue weighted by atomic mass is 10.1. The summed E-state index contributed by atoms with van der Waals surface area (Å²) in [5, 5.41) is 0.942. The summed E-state index contributed by atoms with van der Waals surface area (Å²) in [6.45, 7) is 2.90. The Hall–Kier alpha value is -2.44. The van der Waals surface area contributed by atoms with Crippen LogP contribution in [0.5, 0.6) is 0 Å². The first-order valence-electron chi connectivity index (χ1n) is 8.01. The van der Waals surface area contributed by atoms with Crippen molar-refractivity contribution < 1.29 is 14.3 Å². The Labute approximate surface area is 150 Å². The van der Waals surface area contributed by atoms with Crippen LogP contribution in [-0.4, -0.2) is 39.4 Å². The van der Waals surface area contributed by atoms with Crippen molar-refractivity contribution in [2.75, 3.05) is 38.3 Å². The number of carbonyl (C=O) groups excluding carboxylic acids is 1. The summed E-state index contributed by atoms with van der Waals surface area (Å²) in [6, 6.07) is 11.0. The van der Waals surface area contributed by atoms with E-state index < -0.39 is 5.97 Å². The molecule has 0 radical (unpaired) electrons. The predicted molar refractivity (Wildman–Crippen MR) is 100 cm³/mol. The molecule has 130 valence electrons. The first-order chi connectivity index (χ1) is 12.2. The lowest BCUT2D eigenvalue weighted by molar-refractivity contribution is -0.134. The summed E-state index contributed by atoms with van der Waals surface area (Å²) >= 11 is 1.57. The lowest BCUT2D eigenvalue weighted by Gasteiger charge is -2.28. The van der Waals surface area contributed by atoms with Crippen molar-refractivity contribution in [1.29, 1.82) is 0 Å². The molecule has 2 heterocycles. The second-order valence-corrected chi connectivity index (χ2v) is 6.60. The molecular formula is C19H19NO4S. The Bertz CT molecular complexity index is 837. The van der Waals surface area contributed by atoms with Crippen LogP contribution in [0, 0.1) is 0 Å². The molecule has 1 aromatic heterocycles. The van der Waals surface area contributed by atoms with Gasteiger partial charge in [0.15, 0.2) is 5.43 Å². The molecule has 1 aliphatic rings. The highest BCUT2D eigenvalue weighted by atomic mass is 32.1. The molecule has 1 fully saturated rings. The summed E-state index contributed by atoms with van der Waals surface area (Å²) in [6.07, 6.45) is 3.09. The number of anilines is 1. The third kappa shape index (κ3) is 4.35. The molecule has 1 aliphatic heterocycles. The summed E-state index contributed by atoms with van der Waals surface area (Å²) in [5.74, 6) is -0.412. The van der Waals surface area contributed by atoms with Crippen molar-refractivity contribution in [3.05, 3.63) is 58.3 Å². The normalized spacial score (nSPS) is 14.7. The van der Waals surface area contributed by atoms with Crippen molar-refractivity contribution in [3.8, 4) is 10.4 Å². The number of methoxy groups -OCH3 is 1. The molecule has 0 amide bonds. The van der Waals surface area contributed by atoms with Crippen LogP contribution in [-0.2, 0) is 14.3 Å². The summed E-state index contributed by atoms with van der Waals surface area (Å²) in [4.78, 5) is 26.6. The van der Waals surface area contributed by atoms with E-state index in [1.807, 2.05) is 24.3 Å². The van der Waals surface area contributed by atoms with Crippen LogP contribution >= 0.6 is 11.3 Å². The number of morpholine rings is 1. The highest BCUT2D eigenvalue weighted by Crippen LogP contribution is 2.32. The third-order valence-electron chi connectivity index (χ3n) is 3.90. The fourth-order valence-corrected chi connectivity index (χ4v) is 3.81. The van der Waals surface area contributed by atoms with Crippen LogP contribution in [0.3, 0.4) is 0 Å². The zero-order valence-electron chi connectivity index (χ0n) is 13.9. The fourth-order valence-electron chi connectivity index (χ4n) is 2.63. The Kier molecular flexibility index (Phi) is 5.63. The number of hydrogen-bond acceptors (Lipinski definition) is 6. The van der Waals surface area contributed by atoms with E-state index in [1.165, 1.54) is 13.2 Å². The van der Waals surface area contributed by atoms with E-state index >= 15 is 0 Å². The highest BCUT2D eigenvalue weighted by Gasteiger charge is 2.14. The Morgan fingerprint density at radius 2 is 2.00 bits per heavy atom. The fraction of sp³-hybridized carbons (Fsp3) is 0.263. The summed E-state index contributed by atoms with van der Waals surface area (Å²) < 4.78 is 10.0. The van der Waals surface area contributed by atoms with Gasteiger partial charge in [-0.3, -0.25) is 4.79 Å². The van der Waals surface area contributed by atoms with Crippen molar-refractivity contribution in [3.63, 3.8) is 0 Å². The number of ether oxygens (including phenoxy) is 2. The zero-order valence-corrected chi connectivity index (χ0v) is 14.8. The van der Waals surface area contributed by atoms with Crippen molar-refractivity contribution in [1.82, 2.24) is 0 Å². The van der Waals surface area contributed by atoms with Gasteiger partial charge >= 0.3 is 5.97 Å². The Morgan fingerprint density at radius 3 is 2.76 bits per heavy atom. The van der Waals surface area contributed by atoms with Gasteiger partial charge < -0.3 is 14.4 Å². The van der Waals surface area contributed by atoms with Crippen LogP contribution in [0.4, 0.5) is 5.00 Å². The van der Waals surface area contributed by atoms with Crippen LogP contribution in [0.15, 0.2) is 47.3 Å². The maximum atomic E-state index is 12.2. The highest BCUT2D eigenvalue weighted by molar-refractivity contribution is 7.19. The van der Waals surface area contributed by atoms with Gasteiger partial charge in [-0.15, -0.1) is 11.3 Å². The molecule has 0 bridgehead atoms. The molecule has 5 nitrogen and oxygen atoms in total. The first kappa shape index (κ1) is 17.4. The van der Waals surface area contributed by atoms with Gasteiger partial charge in [0, 0.05) is 36.2 Å². The predicted octanol–water partition coefficient (Wildman–Crippen LogP) is 2.80. The second kappa shape index (κ2) is 8.09. The molecule has 25 heavy (non-hydrogen) atoms. The largest absolute Gasteiger partial charge is 0.466 e. The molecule has 3 rings (SSSR count). The number of carbonyl (C=O) groups is 1. The molecule has 0 N–H and O–H groups in total. The standard InChI is InChI=1S/C19H19NO4S/c1-23-19(22)7-6-14-4-2-3-5-16(14)17-12-15(21)13-18(25-17)20-8-10-24-11-9-20/h2-7,12-13H,8-11H2,1H3/b7-6+. The third-order valence-corrected chi connectivity index (χ3v) is 5.05. The van der Waals surface area contributed by atoms with Gasteiger partial charge in [-0.2, -0.15) is 0 Å². The van der Waals surface area contributed by atoms with Crippen LogP contribution < -0.4 is 10.3 Å². The molecule has 0 aliphatic carbocycles. The maximum Gasteiger partial charge on any atom is 0.330 e. The van der Waals surface area contributed by atoms with E-state index in [2.05, 4.69) is 9.64 Å². The van der Waals surface area contributed by atoms with Gasteiger partial charge in [0.1, 0.15) is 0 Å². The van der Waals surface area contributed by atoms with Crippen molar-refractivity contribution >= 4 is 28.4 Å². The van der Waals surface area contributed by atoms with E-state index in [0.29, 0.717) is 13.2 Å². The lowest BCUT2D eigenvalue weighted by Crippen LogP contribution is -2.36. The minimum absolute atomic E-state index is 0.0259. The molecule has 0 unspecified atom stereocenters. The van der Waals surface area contributed by atoms with Crippen LogP contribution in [0.1, 0.15) is 5.56 Å². The van der Waals surface area contributed by atoms with Crippen LogP contribution in [0.25, 0.3) is 16.5 Å². The number of hydrogen-bond donors (Lipinski definition) is 0. The molecular weight excluding hydrogens is 338 g/mol. The number of benzene rings is 1. The quantitative estimate of drug-likeness (QED) is 0.622. The van der Waals surface area contributed by atoms with E-state index in [-0.39, 0.29) is 5.43 Å². The number of rotatable bonds is 4. The smallest absolute Gasteiger partial charge is 0.330 e. The van der Waals surface area contributed by atoms with Crippen molar-refractivity contribution in [2.24, 2.45) is 0 Å². The SMILES string of the molecule is COC(=O)/C=C/c1ccccc1-c1cc(=O)cc(N2CCOCC2)s1. The van der Waals surface area contributed by atoms with Gasteiger partial charge in [0.05, 0.1) is 25.3 Å². The van der Waals surface area contributed by atoms with E-state index in [4.69, 9.17) is 4.74 Å². The molecule has 0 saturated carbocycles. The molecule has 0 spiro atoms. The van der Waals surface area contributed by atoms with Crippen molar-refractivity contribution in [2.45, 2.75) is 0 Å². The average Bonchev–Trinajstić information content (AvgIpc) is 2.66. The molecule has 1 saturated heterocycles. The average molecular weight is 357 g/mol. The Morgan fingerprint density at radius 1 is 1.24 bits per heavy atom.